The molecule has 0 aliphatic heterocycles. The fourth-order valence-electron chi connectivity index (χ4n) is 1.98. The Balaban J connectivity index is 2.05. The van der Waals surface area contributed by atoms with E-state index in [1.165, 1.54) is 12.1 Å². The van der Waals surface area contributed by atoms with E-state index in [4.69, 9.17) is 17.3 Å². The lowest BCUT2D eigenvalue weighted by molar-refractivity contribution is 0.628. The van der Waals surface area contributed by atoms with E-state index in [1.54, 1.807) is 10.9 Å². The third-order valence-corrected chi connectivity index (χ3v) is 3.30. The smallest absolute Gasteiger partial charge is 0.143 e. The summed E-state index contributed by atoms with van der Waals surface area (Å²) in [4.78, 5) is 0. The number of nitrogen functional groups attached to an aromatic ring is 1. The molecule has 0 saturated heterocycles. The second kappa shape index (κ2) is 4.98. The van der Waals surface area contributed by atoms with E-state index >= 15 is 0 Å². The van der Waals surface area contributed by atoms with Crippen molar-refractivity contribution in [1.82, 2.24) is 9.78 Å². The maximum absolute atomic E-state index is 13.3. The zero-order chi connectivity index (χ0) is 14.1. The van der Waals surface area contributed by atoms with Crippen molar-refractivity contribution in [1.29, 1.82) is 0 Å². The number of nitrogens with two attached hydrogens (primary N) is 1. The highest BCUT2D eigenvalue weighted by Crippen LogP contribution is 2.26. The summed E-state index contributed by atoms with van der Waals surface area (Å²) in [5, 5.41) is 4.27. The van der Waals surface area contributed by atoms with Crippen molar-refractivity contribution < 1.29 is 4.39 Å². The van der Waals surface area contributed by atoms with Crippen LogP contribution in [0.15, 0.2) is 54.9 Å². The second-order valence-corrected chi connectivity index (χ2v) is 4.77. The molecular formula is C15H11ClFN3. The third kappa shape index (κ3) is 2.26. The van der Waals surface area contributed by atoms with Gasteiger partial charge in [0.15, 0.2) is 0 Å². The number of rotatable bonds is 2. The van der Waals surface area contributed by atoms with Crippen molar-refractivity contribution in [2.75, 3.05) is 5.73 Å². The Morgan fingerprint density at radius 3 is 2.60 bits per heavy atom. The minimum absolute atomic E-state index is 0.0194. The van der Waals surface area contributed by atoms with Crippen LogP contribution in [0.3, 0.4) is 0 Å². The van der Waals surface area contributed by atoms with Gasteiger partial charge in [-0.05, 0) is 11.6 Å². The lowest BCUT2D eigenvalue weighted by Gasteiger charge is -2.06. The molecule has 3 aromatic rings. The van der Waals surface area contributed by atoms with Crippen molar-refractivity contribution in [3.05, 3.63) is 65.7 Å². The summed E-state index contributed by atoms with van der Waals surface area (Å²) >= 11 is 5.79. The maximum atomic E-state index is 13.3. The lowest BCUT2D eigenvalue weighted by atomic mass is 10.1. The van der Waals surface area contributed by atoms with E-state index in [0.29, 0.717) is 5.69 Å². The van der Waals surface area contributed by atoms with Gasteiger partial charge in [-0.25, -0.2) is 9.07 Å². The third-order valence-electron chi connectivity index (χ3n) is 3.01. The second-order valence-electron chi connectivity index (χ2n) is 4.36. The van der Waals surface area contributed by atoms with E-state index in [2.05, 4.69) is 5.10 Å². The molecule has 0 amide bonds. The molecule has 3 rings (SSSR count). The maximum Gasteiger partial charge on any atom is 0.143 e. The normalized spacial score (nSPS) is 10.7. The molecule has 100 valence electrons. The van der Waals surface area contributed by atoms with E-state index in [9.17, 15) is 4.39 Å². The first-order valence-corrected chi connectivity index (χ1v) is 6.38. The monoisotopic (exact) mass is 287 g/mol. The van der Waals surface area contributed by atoms with Crippen molar-refractivity contribution in [2.24, 2.45) is 0 Å². The molecule has 0 spiro atoms. The summed E-state index contributed by atoms with van der Waals surface area (Å²) in [6, 6.07) is 12.5. The van der Waals surface area contributed by atoms with Crippen LogP contribution in [0, 0.1) is 5.82 Å². The van der Waals surface area contributed by atoms with Crippen LogP contribution in [0.2, 0.25) is 5.02 Å². The number of hydrogen-bond donors (Lipinski definition) is 1. The molecule has 20 heavy (non-hydrogen) atoms. The van der Waals surface area contributed by atoms with Crippen molar-refractivity contribution >= 4 is 17.3 Å². The van der Waals surface area contributed by atoms with Gasteiger partial charge in [-0.1, -0.05) is 41.9 Å². The van der Waals surface area contributed by atoms with Crippen LogP contribution in [0.4, 0.5) is 10.1 Å². The van der Waals surface area contributed by atoms with E-state index in [0.717, 1.165) is 11.1 Å². The van der Waals surface area contributed by atoms with Crippen LogP contribution in [0.5, 0.6) is 0 Å². The number of anilines is 1. The summed E-state index contributed by atoms with van der Waals surface area (Å²) in [5.41, 5.74) is 8.65. The van der Waals surface area contributed by atoms with E-state index < -0.39 is 5.82 Å². The zero-order valence-corrected chi connectivity index (χ0v) is 11.2. The minimum Gasteiger partial charge on any atom is -0.397 e. The van der Waals surface area contributed by atoms with Crippen LogP contribution < -0.4 is 5.73 Å². The molecule has 3 nitrogen and oxygen atoms in total. The van der Waals surface area contributed by atoms with Crippen LogP contribution in [-0.2, 0) is 0 Å². The van der Waals surface area contributed by atoms with Gasteiger partial charge in [0.2, 0.25) is 0 Å². The van der Waals surface area contributed by atoms with Crippen molar-refractivity contribution in [3.63, 3.8) is 0 Å². The van der Waals surface area contributed by atoms with Gasteiger partial charge in [0.1, 0.15) is 5.82 Å². The number of hydrogen-bond acceptors (Lipinski definition) is 2. The van der Waals surface area contributed by atoms with Crippen molar-refractivity contribution in [3.8, 4) is 16.8 Å². The molecule has 0 bridgehead atoms. The Morgan fingerprint density at radius 1 is 1.10 bits per heavy atom. The molecule has 0 aliphatic rings. The van der Waals surface area contributed by atoms with E-state index in [-0.39, 0.29) is 10.7 Å². The highest BCUT2D eigenvalue weighted by Gasteiger charge is 2.10. The molecule has 0 aliphatic carbocycles. The summed E-state index contributed by atoms with van der Waals surface area (Å²) in [5.74, 6) is -0.539. The first-order chi connectivity index (χ1) is 9.65. The lowest BCUT2D eigenvalue weighted by Crippen LogP contribution is -2.01. The molecule has 0 fully saturated rings. The zero-order valence-electron chi connectivity index (χ0n) is 10.4. The predicted molar refractivity (Wildman–Crippen MR) is 78.4 cm³/mol. The molecule has 0 atom stereocenters. The highest BCUT2D eigenvalue weighted by atomic mass is 35.5. The van der Waals surface area contributed by atoms with Gasteiger partial charge in [0.25, 0.3) is 0 Å². The first kappa shape index (κ1) is 12.7. The molecule has 0 saturated carbocycles. The van der Waals surface area contributed by atoms with Crippen molar-refractivity contribution in [2.45, 2.75) is 0 Å². The summed E-state index contributed by atoms with van der Waals surface area (Å²) in [7, 11) is 0. The van der Waals surface area contributed by atoms with E-state index in [1.807, 2.05) is 36.5 Å². The Labute approximate surface area is 120 Å². The largest absolute Gasteiger partial charge is 0.397 e. The van der Waals surface area contributed by atoms with Gasteiger partial charge in [-0.2, -0.15) is 5.10 Å². The van der Waals surface area contributed by atoms with Crippen LogP contribution in [-0.4, -0.2) is 9.78 Å². The SMILES string of the molecule is Nc1cc(F)c(Cl)cc1-n1cc(-c2ccccc2)cn1. The molecule has 0 unspecified atom stereocenters. The average Bonchev–Trinajstić information content (AvgIpc) is 2.93. The Morgan fingerprint density at radius 2 is 1.85 bits per heavy atom. The molecular weight excluding hydrogens is 277 g/mol. The van der Waals surface area contributed by atoms with Gasteiger partial charge in [-0.3, -0.25) is 0 Å². The van der Waals surface area contributed by atoms with Crippen LogP contribution in [0.25, 0.3) is 16.8 Å². The Kier molecular flexibility index (Phi) is 3.16. The average molecular weight is 288 g/mol. The summed E-state index contributed by atoms with van der Waals surface area (Å²) in [6.45, 7) is 0. The Bertz CT molecular complexity index is 753. The van der Waals surface area contributed by atoms with Gasteiger partial charge >= 0.3 is 0 Å². The summed E-state index contributed by atoms with van der Waals surface area (Å²) in [6.07, 6.45) is 3.56. The molecule has 1 aromatic heterocycles. The van der Waals surface area contributed by atoms with Crippen LogP contribution in [0.1, 0.15) is 0 Å². The fraction of sp³-hybridized carbons (Fsp3) is 0. The van der Waals surface area contributed by atoms with Gasteiger partial charge in [-0.15, -0.1) is 0 Å². The fourth-order valence-corrected chi connectivity index (χ4v) is 2.14. The topological polar surface area (TPSA) is 43.8 Å². The minimum atomic E-state index is -0.539. The highest BCUT2D eigenvalue weighted by molar-refractivity contribution is 6.31. The first-order valence-electron chi connectivity index (χ1n) is 6.00. The number of halogens is 2. The predicted octanol–water partition coefficient (Wildman–Crippen LogP) is 3.91. The Hall–Kier alpha value is -2.33. The quantitative estimate of drug-likeness (QED) is 0.726. The van der Waals surface area contributed by atoms with Gasteiger partial charge < -0.3 is 5.73 Å². The molecule has 1 heterocycles. The number of aromatic nitrogens is 2. The molecule has 5 heteroatoms. The summed E-state index contributed by atoms with van der Waals surface area (Å²) < 4.78 is 14.9. The number of nitrogens with zero attached hydrogens (tertiary/aromatic N) is 2. The van der Waals surface area contributed by atoms with Gasteiger partial charge in [0, 0.05) is 17.8 Å². The van der Waals surface area contributed by atoms with Crippen LogP contribution >= 0.6 is 11.6 Å². The van der Waals surface area contributed by atoms with Gasteiger partial charge in [0.05, 0.1) is 22.6 Å². The molecule has 2 N–H and O–H groups in total. The number of benzene rings is 2. The molecule has 0 radical (unpaired) electrons. The molecule has 2 aromatic carbocycles. The standard InChI is InChI=1S/C15H11ClFN3/c16-12-6-15(14(18)7-13(12)17)20-9-11(8-19-20)10-4-2-1-3-5-10/h1-9H,18H2.